The zero-order valence-corrected chi connectivity index (χ0v) is 14.2. The molecule has 21 heavy (non-hydrogen) atoms. The highest BCUT2D eigenvalue weighted by Crippen LogP contribution is 2.44. The van der Waals surface area contributed by atoms with Gasteiger partial charge in [0, 0.05) is 20.8 Å². The van der Waals surface area contributed by atoms with Gasteiger partial charge in [0.1, 0.15) is 0 Å². The highest BCUT2D eigenvalue weighted by atomic mass is 35.5. The summed E-state index contributed by atoms with van der Waals surface area (Å²) in [4.78, 5) is 2.83. The second-order valence-electron chi connectivity index (χ2n) is 5.93. The summed E-state index contributed by atoms with van der Waals surface area (Å²) in [5, 5.41) is 4.54. The van der Waals surface area contributed by atoms with E-state index in [2.05, 4.69) is 37.4 Å². The van der Waals surface area contributed by atoms with Gasteiger partial charge in [-0.3, -0.25) is 0 Å². The van der Waals surface area contributed by atoms with Gasteiger partial charge in [0.25, 0.3) is 0 Å². The molecule has 1 heterocycles. The van der Waals surface area contributed by atoms with Gasteiger partial charge in [-0.1, -0.05) is 24.6 Å². The molecule has 1 N–H and O–H groups in total. The van der Waals surface area contributed by atoms with Crippen LogP contribution in [0, 0.1) is 12.8 Å². The molecule has 3 heteroatoms. The minimum Gasteiger partial charge on any atom is -0.309 e. The number of nitrogens with one attached hydrogen (secondary N) is 1. The van der Waals surface area contributed by atoms with Crippen molar-refractivity contribution in [3.8, 4) is 10.4 Å². The molecule has 3 rings (SSSR count). The summed E-state index contributed by atoms with van der Waals surface area (Å²) in [6, 6.07) is 11.3. The molecule has 112 valence electrons. The van der Waals surface area contributed by atoms with Crippen molar-refractivity contribution in [3.05, 3.63) is 45.8 Å². The van der Waals surface area contributed by atoms with Gasteiger partial charge in [0.2, 0.25) is 0 Å². The van der Waals surface area contributed by atoms with Gasteiger partial charge in [-0.05, 0) is 74.0 Å². The molecule has 1 aromatic heterocycles. The summed E-state index contributed by atoms with van der Waals surface area (Å²) >= 11 is 7.99. The van der Waals surface area contributed by atoms with Crippen molar-refractivity contribution in [2.24, 2.45) is 5.92 Å². The molecule has 0 saturated heterocycles. The predicted octanol–water partition coefficient (Wildman–Crippen LogP) is 5.83. The van der Waals surface area contributed by atoms with Crippen LogP contribution < -0.4 is 5.32 Å². The first-order chi connectivity index (χ1) is 10.2. The van der Waals surface area contributed by atoms with E-state index in [1.165, 1.54) is 40.1 Å². The second kappa shape index (κ2) is 6.51. The van der Waals surface area contributed by atoms with Crippen LogP contribution in [0.4, 0.5) is 0 Å². The smallest absolute Gasteiger partial charge is 0.0443 e. The van der Waals surface area contributed by atoms with Crippen LogP contribution in [0.5, 0.6) is 0 Å². The normalized spacial score (nSPS) is 16.1. The monoisotopic (exact) mass is 319 g/mol. The number of benzene rings is 1. The number of aryl methyl sites for hydroxylation is 1. The Morgan fingerprint density at radius 2 is 2.10 bits per heavy atom. The molecule has 1 aromatic carbocycles. The zero-order valence-electron chi connectivity index (χ0n) is 12.7. The van der Waals surface area contributed by atoms with E-state index in [9.17, 15) is 0 Å². The lowest BCUT2D eigenvalue weighted by molar-refractivity contribution is 0.488. The molecule has 1 unspecified atom stereocenters. The molecule has 0 bridgehead atoms. The van der Waals surface area contributed by atoms with E-state index < -0.39 is 0 Å². The van der Waals surface area contributed by atoms with Crippen molar-refractivity contribution in [1.82, 2.24) is 5.32 Å². The van der Waals surface area contributed by atoms with Gasteiger partial charge in [-0.15, -0.1) is 11.3 Å². The van der Waals surface area contributed by atoms with E-state index in [4.69, 9.17) is 11.6 Å². The lowest BCUT2D eigenvalue weighted by Gasteiger charge is -2.16. The summed E-state index contributed by atoms with van der Waals surface area (Å²) in [5.74, 6) is 0.842. The van der Waals surface area contributed by atoms with Gasteiger partial charge >= 0.3 is 0 Å². The topological polar surface area (TPSA) is 12.0 Å². The maximum atomic E-state index is 6.06. The van der Waals surface area contributed by atoms with Crippen LogP contribution in [0.1, 0.15) is 42.7 Å². The molecule has 1 atom stereocenters. The number of thiophene rings is 1. The van der Waals surface area contributed by atoms with Crippen molar-refractivity contribution in [2.75, 3.05) is 6.54 Å². The highest BCUT2D eigenvalue weighted by molar-refractivity contribution is 7.15. The van der Waals surface area contributed by atoms with Crippen LogP contribution in [-0.2, 0) is 0 Å². The minimum atomic E-state index is 0.552. The fourth-order valence-corrected chi connectivity index (χ4v) is 4.29. The van der Waals surface area contributed by atoms with Gasteiger partial charge < -0.3 is 5.32 Å². The Labute approximate surface area is 136 Å². The standard InChI is InChI=1S/C18H22ClNS/c1-3-10-20-18(13-4-5-13)17-9-8-16(21-17)15-7-6-14(19)11-12(15)2/h6-9,11,13,18,20H,3-5,10H2,1-2H3. The van der Waals surface area contributed by atoms with Crippen LogP contribution in [0.25, 0.3) is 10.4 Å². The zero-order chi connectivity index (χ0) is 14.8. The third-order valence-electron chi connectivity index (χ3n) is 4.09. The Morgan fingerprint density at radius 1 is 1.29 bits per heavy atom. The molecule has 0 spiro atoms. The average molecular weight is 320 g/mol. The van der Waals surface area contributed by atoms with Crippen molar-refractivity contribution in [2.45, 2.75) is 39.2 Å². The summed E-state index contributed by atoms with van der Waals surface area (Å²) in [7, 11) is 0. The van der Waals surface area contributed by atoms with Crippen molar-refractivity contribution >= 4 is 22.9 Å². The summed E-state index contributed by atoms with van der Waals surface area (Å²) in [5.41, 5.74) is 2.56. The van der Waals surface area contributed by atoms with Crippen LogP contribution in [0.15, 0.2) is 30.3 Å². The molecule has 1 aliphatic rings. The molecule has 0 amide bonds. The van der Waals surface area contributed by atoms with Crippen LogP contribution in [0.3, 0.4) is 0 Å². The Bertz CT molecular complexity index is 615. The SMILES string of the molecule is CCCNC(c1ccc(-c2ccc(Cl)cc2C)s1)C1CC1. The molecule has 1 fully saturated rings. The van der Waals surface area contributed by atoms with E-state index in [1.807, 2.05) is 23.5 Å². The molecule has 0 aliphatic heterocycles. The molecule has 1 nitrogen and oxygen atoms in total. The molecular weight excluding hydrogens is 298 g/mol. The van der Waals surface area contributed by atoms with Crippen molar-refractivity contribution < 1.29 is 0 Å². The maximum absolute atomic E-state index is 6.06. The summed E-state index contributed by atoms with van der Waals surface area (Å²) in [6.07, 6.45) is 3.93. The van der Waals surface area contributed by atoms with Gasteiger partial charge in [-0.2, -0.15) is 0 Å². The van der Waals surface area contributed by atoms with Crippen LogP contribution >= 0.6 is 22.9 Å². The third kappa shape index (κ3) is 3.50. The largest absolute Gasteiger partial charge is 0.309 e. The molecular formula is C18H22ClNS. The Hall–Kier alpha value is -0.830. The Balaban J connectivity index is 1.84. The van der Waals surface area contributed by atoms with Crippen molar-refractivity contribution in [1.29, 1.82) is 0 Å². The van der Waals surface area contributed by atoms with E-state index >= 15 is 0 Å². The first-order valence-electron chi connectivity index (χ1n) is 7.78. The van der Waals surface area contributed by atoms with Crippen molar-refractivity contribution in [3.63, 3.8) is 0 Å². The minimum absolute atomic E-state index is 0.552. The van der Waals surface area contributed by atoms with Gasteiger partial charge in [-0.25, -0.2) is 0 Å². The van der Waals surface area contributed by atoms with Gasteiger partial charge in [0.05, 0.1) is 0 Å². The Morgan fingerprint density at radius 3 is 2.76 bits per heavy atom. The molecule has 0 radical (unpaired) electrons. The Kier molecular flexibility index (Phi) is 4.68. The summed E-state index contributed by atoms with van der Waals surface area (Å²) in [6.45, 7) is 5.47. The third-order valence-corrected chi connectivity index (χ3v) is 5.53. The second-order valence-corrected chi connectivity index (χ2v) is 7.48. The lowest BCUT2D eigenvalue weighted by Crippen LogP contribution is -2.22. The first-order valence-corrected chi connectivity index (χ1v) is 8.98. The highest BCUT2D eigenvalue weighted by Gasteiger charge is 2.32. The quantitative estimate of drug-likeness (QED) is 0.706. The number of hydrogen-bond donors (Lipinski definition) is 1. The lowest BCUT2D eigenvalue weighted by atomic mass is 10.1. The average Bonchev–Trinajstić information content (AvgIpc) is 3.18. The van der Waals surface area contributed by atoms with Crippen LogP contribution in [-0.4, -0.2) is 6.54 Å². The predicted molar refractivity (Wildman–Crippen MR) is 93.3 cm³/mol. The van der Waals surface area contributed by atoms with E-state index in [1.54, 1.807) is 0 Å². The van der Waals surface area contributed by atoms with E-state index in [-0.39, 0.29) is 0 Å². The van der Waals surface area contributed by atoms with E-state index in [0.717, 1.165) is 17.5 Å². The maximum Gasteiger partial charge on any atom is 0.0443 e. The van der Waals surface area contributed by atoms with Crippen LogP contribution in [0.2, 0.25) is 5.02 Å². The first kappa shape index (κ1) is 15.1. The molecule has 2 aromatic rings. The summed E-state index contributed by atoms with van der Waals surface area (Å²) < 4.78 is 0. The number of rotatable bonds is 6. The number of hydrogen-bond acceptors (Lipinski definition) is 2. The molecule has 1 aliphatic carbocycles. The molecule has 1 saturated carbocycles. The van der Waals surface area contributed by atoms with Gasteiger partial charge in [0.15, 0.2) is 0 Å². The van der Waals surface area contributed by atoms with E-state index in [0.29, 0.717) is 6.04 Å². The fourth-order valence-electron chi connectivity index (χ4n) is 2.80. The number of halogens is 1. The fraction of sp³-hybridized carbons (Fsp3) is 0.444.